The zero-order chi connectivity index (χ0) is 12.1. The van der Waals surface area contributed by atoms with Gasteiger partial charge in [-0.05, 0) is 29.7 Å². The summed E-state index contributed by atoms with van der Waals surface area (Å²) in [5.74, 6) is 0.0851. The Balaban J connectivity index is 2.20. The maximum atomic E-state index is 5.35. The van der Waals surface area contributed by atoms with E-state index < -0.39 is 0 Å². The Morgan fingerprint density at radius 1 is 0.882 bits per heavy atom. The molecule has 2 aromatic carbocycles. The van der Waals surface area contributed by atoms with Crippen molar-refractivity contribution in [2.45, 2.75) is 6.42 Å². The minimum atomic E-state index is 0.0851. The highest BCUT2D eigenvalue weighted by molar-refractivity contribution is 5.79. The summed E-state index contributed by atoms with van der Waals surface area (Å²) in [4.78, 5) is 4.03. The lowest BCUT2D eigenvalue weighted by molar-refractivity contribution is 1.19. The highest BCUT2D eigenvalue weighted by Crippen LogP contribution is 2.16. The van der Waals surface area contributed by atoms with Gasteiger partial charge in [0.2, 0.25) is 0 Å². The van der Waals surface area contributed by atoms with Crippen LogP contribution in [0.4, 0.5) is 5.69 Å². The standard InChI is InChI=1S/C14H15N3/c15-14(16)17-13-8-4-7-12(10-13)9-11-5-2-1-3-6-11/h1-8,10H,9H2,(H4,15,16,17). The Morgan fingerprint density at radius 2 is 1.59 bits per heavy atom. The van der Waals surface area contributed by atoms with Crippen molar-refractivity contribution in [2.24, 2.45) is 16.5 Å². The first kappa shape index (κ1) is 11.2. The highest BCUT2D eigenvalue weighted by atomic mass is 15.0. The summed E-state index contributed by atoms with van der Waals surface area (Å²) in [6.07, 6.45) is 0.884. The van der Waals surface area contributed by atoms with Crippen molar-refractivity contribution in [2.75, 3.05) is 0 Å². The molecule has 0 heterocycles. The first-order chi connectivity index (χ1) is 8.24. The van der Waals surface area contributed by atoms with Crippen molar-refractivity contribution in [3.8, 4) is 0 Å². The number of benzene rings is 2. The summed E-state index contributed by atoms with van der Waals surface area (Å²) in [6, 6.07) is 18.2. The van der Waals surface area contributed by atoms with Crippen LogP contribution in [0.1, 0.15) is 11.1 Å². The Morgan fingerprint density at radius 3 is 2.29 bits per heavy atom. The molecule has 2 aromatic rings. The molecule has 0 atom stereocenters. The van der Waals surface area contributed by atoms with Gasteiger partial charge in [-0.1, -0.05) is 42.5 Å². The quantitative estimate of drug-likeness (QED) is 0.621. The molecule has 4 N–H and O–H groups in total. The van der Waals surface area contributed by atoms with E-state index >= 15 is 0 Å². The molecule has 0 radical (unpaired) electrons. The molecule has 0 bridgehead atoms. The van der Waals surface area contributed by atoms with Gasteiger partial charge in [-0.15, -0.1) is 0 Å². The third-order valence-corrected chi connectivity index (χ3v) is 2.42. The predicted molar refractivity (Wildman–Crippen MR) is 71.2 cm³/mol. The fourth-order valence-electron chi connectivity index (χ4n) is 1.72. The maximum Gasteiger partial charge on any atom is 0.191 e. The monoisotopic (exact) mass is 225 g/mol. The van der Waals surface area contributed by atoms with E-state index in [0.29, 0.717) is 0 Å². The minimum absolute atomic E-state index is 0.0851. The average molecular weight is 225 g/mol. The molecule has 3 nitrogen and oxygen atoms in total. The lowest BCUT2D eigenvalue weighted by atomic mass is 10.0. The average Bonchev–Trinajstić information content (AvgIpc) is 2.30. The van der Waals surface area contributed by atoms with Gasteiger partial charge in [-0.25, -0.2) is 4.99 Å². The van der Waals surface area contributed by atoms with Crippen LogP contribution >= 0.6 is 0 Å². The van der Waals surface area contributed by atoms with Gasteiger partial charge in [-0.2, -0.15) is 0 Å². The van der Waals surface area contributed by atoms with E-state index in [9.17, 15) is 0 Å². The number of hydrogen-bond acceptors (Lipinski definition) is 1. The van der Waals surface area contributed by atoms with Crippen LogP contribution in [0, 0.1) is 0 Å². The van der Waals surface area contributed by atoms with E-state index in [-0.39, 0.29) is 5.96 Å². The predicted octanol–water partition coefficient (Wildman–Crippen LogP) is 2.18. The van der Waals surface area contributed by atoms with Crippen LogP contribution in [-0.2, 0) is 6.42 Å². The second-order valence-corrected chi connectivity index (χ2v) is 3.87. The van der Waals surface area contributed by atoms with Gasteiger partial charge in [0.25, 0.3) is 0 Å². The molecule has 0 unspecified atom stereocenters. The van der Waals surface area contributed by atoms with E-state index in [4.69, 9.17) is 11.5 Å². The van der Waals surface area contributed by atoms with Crippen molar-refractivity contribution in [3.05, 3.63) is 65.7 Å². The zero-order valence-corrected chi connectivity index (χ0v) is 9.51. The summed E-state index contributed by atoms with van der Waals surface area (Å²) < 4.78 is 0. The molecule has 0 spiro atoms. The normalized spacial score (nSPS) is 9.88. The van der Waals surface area contributed by atoms with Crippen LogP contribution in [0.25, 0.3) is 0 Å². The van der Waals surface area contributed by atoms with Gasteiger partial charge >= 0.3 is 0 Å². The molecule has 0 fully saturated rings. The molecule has 2 rings (SSSR count). The number of rotatable bonds is 3. The molecule has 0 aliphatic carbocycles. The van der Waals surface area contributed by atoms with Crippen LogP contribution < -0.4 is 11.5 Å². The topological polar surface area (TPSA) is 64.4 Å². The van der Waals surface area contributed by atoms with Crippen molar-refractivity contribution in [1.82, 2.24) is 0 Å². The largest absolute Gasteiger partial charge is 0.370 e. The molecule has 3 heteroatoms. The molecule has 0 aromatic heterocycles. The summed E-state index contributed by atoms with van der Waals surface area (Å²) in [6.45, 7) is 0. The van der Waals surface area contributed by atoms with Gasteiger partial charge in [-0.3, -0.25) is 0 Å². The lowest BCUT2D eigenvalue weighted by Crippen LogP contribution is -2.21. The lowest BCUT2D eigenvalue weighted by Gasteiger charge is -2.03. The molecule has 0 saturated carbocycles. The van der Waals surface area contributed by atoms with Crippen LogP contribution in [-0.4, -0.2) is 5.96 Å². The Bertz CT molecular complexity index is 514. The van der Waals surface area contributed by atoms with E-state index in [2.05, 4.69) is 23.2 Å². The van der Waals surface area contributed by atoms with E-state index in [1.807, 2.05) is 36.4 Å². The number of nitrogens with zero attached hydrogens (tertiary/aromatic N) is 1. The molecular weight excluding hydrogens is 210 g/mol. The highest BCUT2D eigenvalue weighted by Gasteiger charge is 1.97. The van der Waals surface area contributed by atoms with E-state index in [1.165, 1.54) is 11.1 Å². The van der Waals surface area contributed by atoms with Crippen LogP contribution in [0.15, 0.2) is 59.6 Å². The van der Waals surface area contributed by atoms with Gasteiger partial charge in [0, 0.05) is 0 Å². The zero-order valence-electron chi connectivity index (χ0n) is 9.51. The minimum Gasteiger partial charge on any atom is -0.370 e. The summed E-state index contributed by atoms with van der Waals surface area (Å²) in [7, 11) is 0. The summed E-state index contributed by atoms with van der Waals surface area (Å²) >= 11 is 0. The fourth-order valence-corrected chi connectivity index (χ4v) is 1.72. The first-order valence-corrected chi connectivity index (χ1v) is 5.46. The summed E-state index contributed by atoms with van der Waals surface area (Å²) in [5.41, 5.74) is 14.0. The maximum absolute atomic E-state index is 5.35. The van der Waals surface area contributed by atoms with Crippen molar-refractivity contribution >= 4 is 11.6 Å². The van der Waals surface area contributed by atoms with Crippen LogP contribution in [0.2, 0.25) is 0 Å². The van der Waals surface area contributed by atoms with Crippen LogP contribution in [0.5, 0.6) is 0 Å². The third-order valence-electron chi connectivity index (χ3n) is 2.42. The van der Waals surface area contributed by atoms with E-state index in [0.717, 1.165) is 12.1 Å². The SMILES string of the molecule is NC(N)=Nc1cccc(Cc2ccccc2)c1. The Hall–Kier alpha value is -2.29. The van der Waals surface area contributed by atoms with Crippen LogP contribution in [0.3, 0.4) is 0 Å². The third kappa shape index (κ3) is 3.34. The number of guanidine groups is 1. The smallest absolute Gasteiger partial charge is 0.191 e. The molecule has 0 aliphatic heterocycles. The Kier molecular flexibility index (Phi) is 3.40. The number of nitrogens with two attached hydrogens (primary N) is 2. The van der Waals surface area contributed by atoms with Gasteiger partial charge < -0.3 is 11.5 Å². The van der Waals surface area contributed by atoms with Gasteiger partial charge in [0.15, 0.2) is 5.96 Å². The van der Waals surface area contributed by atoms with Crippen molar-refractivity contribution in [1.29, 1.82) is 0 Å². The number of aliphatic imine (C=N–C) groups is 1. The van der Waals surface area contributed by atoms with E-state index in [1.54, 1.807) is 0 Å². The second kappa shape index (κ2) is 5.16. The molecule has 0 saturated heterocycles. The molecule has 0 aliphatic rings. The van der Waals surface area contributed by atoms with Crippen molar-refractivity contribution in [3.63, 3.8) is 0 Å². The van der Waals surface area contributed by atoms with Gasteiger partial charge in [0.1, 0.15) is 0 Å². The molecular formula is C14H15N3. The molecule has 86 valence electrons. The molecule has 17 heavy (non-hydrogen) atoms. The van der Waals surface area contributed by atoms with Gasteiger partial charge in [0.05, 0.1) is 5.69 Å². The first-order valence-electron chi connectivity index (χ1n) is 5.46. The number of hydrogen-bond donors (Lipinski definition) is 2. The Labute approximate surface area is 101 Å². The molecule has 0 amide bonds. The second-order valence-electron chi connectivity index (χ2n) is 3.87. The van der Waals surface area contributed by atoms with Crippen molar-refractivity contribution < 1.29 is 0 Å². The fraction of sp³-hybridized carbons (Fsp3) is 0.0714. The summed E-state index contributed by atoms with van der Waals surface area (Å²) in [5, 5.41) is 0.